The van der Waals surface area contributed by atoms with Gasteiger partial charge in [0.1, 0.15) is 0 Å². The first kappa shape index (κ1) is 18.2. The Kier molecular flexibility index (Phi) is 8.63. The van der Waals surface area contributed by atoms with Crippen molar-refractivity contribution in [3.8, 4) is 5.19 Å². The van der Waals surface area contributed by atoms with Crippen LogP contribution >= 0.6 is 23.1 Å². The molecule has 0 aromatic carbocycles. The van der Waals surface area contributed by atoms with E-state index in [1.165, 1.54) is 23.1 Å². The van der Waals surface area contributed by atoms with Crippen LogP contribution in [0.1, 0.15) is 34.1 Å². The number of aromatic nitrogens is 2. The Balaban J connectivity index is 2.29. The van der Waals surface area contributed by atoms with Gasteiger partial charge in [-0.25, -0.2) is 0 Å². The van der Waals surface area contributed by atoms with E-state index in [9.17, 15) is 4.79 Å². The van der Waals surface area contributed by atoms with Gasteiger partial charge in [-0.15, -0.1) is 5.10 Å². The molecule has 1 rings (SSSR count). The van der Waals surface area contributed by atoms with Crippen LogP contribution in [0.3, 0.4) is 0 Å². The molecule has 1 atom stereocenters. The largest absolute Gasteiger partial charge is 0.466 e. The summed E-state index contributed by atoms with van der Waals surface area (Å²) in [6.07, 6.45) is 0.893. The molecule has 0 fully saturated rings. The Morgan fingerprint density at radius 2 is 2.14 bits per heavy atom. The van der Waals surface area contributed by atoms with Crippen LogP contribution in [0, 0.1) is 0 Å². The van der Waals surface area contributed by atoms with Crippen LogP contribution in [0.4, 0.5) is 0 Å². The number of nitrogens with one attached hydrogen (secondary N) is 1. The van der Waals surface area contributed by atoms with Crippen molar-refractivity contribution in [1.82, 2.24) is 15.5 Å². The smallest absolute Gasteiger partial charge is 0.295 e. The second-order valence-electron chi connectivity index (χ2n) is 4.60. The fourth-order valence-electron chi connectivity index (χ4n) is 1.37. The van der Waals surface area contributed by atoms with Gasteiger partial charge in [0.25, 0.3) is 5.19 Å². The molecule has 0 saturated heterocycles. The van der Waals surface area contributed by atoms with Gasteiger partial charge < -0.3 is 14.8 Å². The summed E-state index contributed by atoms with van der Waals surface area (Å²) in [5.41, 5.74) is 0. The average Bonchev–Trinajstić information content (AvgIpc) is 2.84. The lowest BCUT2D eigenvalue weighted by molar-refractivity contribution is -0.120. The summed E-state index contributed by atoms with van der Waals surface area (Å²) in [5, 5.41) is 11.2. The van der Waals surface area contributed by atoms with E-state index in [1.807, 2.05) is 27.7 Å². The van der Waals surface area contributed by atoms with Crippen LogP contribution in [0.15, 0.2) is 4.34 Å². The summed E-state index contributed by atoms with van der Waals surface area (Å²) >= 11 is 2.75. The lowest BCUT2D eigenvalue weighted by Gasteiger charge is -2.10. The molecule has 1 amide bonds. The molecule has 1 N–H and O–H groups in total. The maximum Gasteiger partial charge on any atom is 0.295 e. The van der Waals surface area contributed by atoms with Crippen LogP contribution in [0.2, 0.25) is 0 Å². The Bertz CT molecular complexity index is 427. The Hall–Kier alpha value is -0.860. The number of amides is 1. The maximum absolute atomic E-state index is 11.9. The van der Waals surface area contributed by atoms with Gasteiger partial charge in [-0.2, -0.15) is 0 Å². The first-order chi connectivity index (χ1) is 10.0. The summed E-state index contributed by atoms with van der Waals surface area (Å²) in [6, 6.07) is 0. The Labute approximate surface area is 134 Å². The van der Waals surface area contributed by atoms with Gasteiger partial charge in [0, 0.05) is 19.8 Å². The second kappa shape index (κ2) is 9.97. The summed E-state index contributed by atoms with van der Waals surface area (Å²) in [6.45, 7) is 9.69. The molecular weight excluding hydrogens is 310 g/mol. The van der Waals surface area contributed by atoms with Gasteiger partial charge in [-0.05, 0) is 45.5 Å². The van der Waals surface area contributed by atoms with Gasteiger partial charge in [-0.1, -0.05) is 16.9 Å². The van der Waals surface area contributed by atoms with E-state index >= 15 is 0 Å². The number of nitrogens with zero attached hydrogens (tertiary/aromatic N) is 2. The van der Waals surface area contributed by atoms with Crippen LogP contribution in [-0.2, 0) is 9.53 Å². The maximum atomic E-state index is 11.9. The SMILES string of the molecule is CCOCCCNC(=O)C(C)Sc1nnc(OC(C)C)s1. The molecule has 0 aliphatic rings. The first-order valence-electron chi connectivity index (χ1n) is 7.05. The van der Waals surface area contributed by atoms with E-state index in [-0.39, 0.29) is 17.3 Å². The predicted octanol–water partition coefficient (Wildman–Crippen LogP) is 2.35. The minimum absolute atomic E-state index is 0.00183. The van der Waals surface area contributed by atoms with Crippen molar-refractivity contribution in [2.24, 2.45) is 0 Å². The van der Waals surface area contributed by atoms with Gasteiger partial charge in [0.15, 0.2) is 4.34 Å². The first-order valence-corrected chi connectivity index (χ1v) is 8.74. The van der Waals surface area contributed by atoms with Crippen molar-refractivity contribution in [3.05, 3.63) is 0 Å². The molecule has 0 aliphatic carbocycles. The fourth-order valence-corrected chi connectivity index (χ4v) is 3.35. The van der Waals surface area contributed by atoms with E-state index in [1.54, 1.807) is 0 Å². The van der Waals surface area contributed by atoms with Gasteiger partial charge in [0.05, 0.1) is 11.4 Å². The standard InChI is InChI=1S/C13H23N3O3S2/c1-5-18-8-6-7-14-11(17)10(4)20-13-16-15-12(21-13)19-9(2)3/h9-10H,5-8H2,1-4H3,(H,14,17). The quantitative estimate of drug-likeness (QED) is 0.523. The normalized spacial score (nSPS) is 12.4. The number of thioether (sulfide) groups is 1. The van der Waals surface area contributed by atoms with Crippen LogP contribution in [-0.4, -0.2) is 47.2 Å². The monoisotopic (exact) mass is 333 g/mol. The number of hydrogen-bond acceptors (Lipinski definition) is 7. The third kappa shape index (κ3) is 7.63. The molecule has 1 aromatic rings. The summed E-state index contributed by atoms with van der Waals surface area (Å²) < 4.78 is 11.4. The molecule has 21 heavy (non-hydrogen) atoms. The number of carbonyl (C=O) groups excluding carboxylic acids is 1. The zero-order chi connectivity index (χ0) is 15.7. The van der Waals surface area contributed by atoms with Crippen molar-refractivity contribution >= 4 is 29.0 Å². The Morgan fingerprint density at radius 3 is 2.81 bits per heavy atom. The molecule has 1 unspecified atom stereocenters. The summed E-state index contributed by atoms with van der Waals surface area (Å²) in [5.74, 6) is -0.00183. The molecule has 120 valence electrons. The molecule has 0 spiro atoms. The fraction of sp³-hybridized carbons (Fsp3) is 0.769. The van der Waals surface area contributed by atoms with E-state index in [0.717, 1.165) is 10.8 Å². The molecule has 0 bridgehead atoms. The summed E-state index contributed by atoms with van der Waals surface area (Å²) in [7, 11) is 0. The number of rotatable bonds is 10. The average molecular weight is 333 g/mol. The molecule has 0 radical (unpaired) electrons. The highest BCUT2D eigenvalue weighted by molar-refractivity contribution is 8.02. The van der Waals surface area contributed by atoms with Gasteiger partial charge in [-0.3, -0.25) is 4.79 Å². The van der Waals surface area contributed by atoms with Crippen molar-refractivity contribution in [2.45, 2.75) is 49.8 Å². The molecule has 1 heterocycles. The topological polar surface area (TPSA) is 73.3 Å². The minimum atomic E-state index is -0.211. The highest BCUT2D eigenvalue weighted by Crippen LogP contribution is 2.30. The van der Waals surface area contributed by atoms with Crippen LogP contribution in [0.25, 0.3) is 0 Å². The summed E-state index contributed by atoms with van der Waals surface area (Å²) in [4.78, 5) is 11.9. The van der Waals surface area contributed by atoms with E-state index in [4.69, 9.17) is 9.47 Å². The Morgan fingerprint density at radius 1 is 1.38 bits per heavy atom. The third-order valence-electron chi connectivity index (χ3n) is 2.34. The van der Waals surface area contributed by atoms with E-state index < -0.39 is 0 Å². The van der Waals surface area contributed by atoms with Crippen LogP contribution < -0.4 is 10.1 Å². The number of ether oxygens (including phenoxy) is 2. The highest BCUT2D eigenvalue weighted by atomic mass is 32.2. The highest BCUT2D eigenvalue weighted by Gasteiger charge is 2.17. The number of carbonyl (C=O) groups is 1. The molecule has 0 aliphatic heterocycles. The molecule has 1 aromatic heterocycles. The zero-order valence-corrected chi connectivity index (χ0v) is 14.6. The molecule has 0 saturated carbocycles. The van der Waals surface area contributed by atoms with Crippen molar-refractivity contribution in [1.29, 1.82) is 0 Å². The molecule has 8 heteroatoms. The van der Waals surface area contributed by atoms with Crippen LogP contribution in [0.5, 0.6) is 5.19 Å². The van der Waals surface area contributed by atoms with Crippen molar-refractivity contribution in [3.63, 3.8) is 0 Å². The minimum Gasteiger partial charge on any atom is -0.466 e. The van der Waals surface area contributed by atoms with Gasteiger partial charge >= 0.3 is 0 Å². The lowest BCUT2D eigenvalue weighted by atomic mass is 10.4. The zero-order valence-electron chi connectivity index (χ0n) is 12.9. The second-order valence-corrected chi connectivity index (χ2v) is 7.13. The third-order valence-corrected chi connectivity index (χ3v) is 4.34. The molecule has 6 nitrogen and oxygen atoms in total. The lowest BCUT2D eigenvalue weighted by Crippen LogP contribution is -2.32. The predicted molar refractivity (Wildman–Crippen MR) is 85.1 cm³/mol. The van der Waals surface area contributed by atoms with Crippen molar-refractivity contribution in [2.75, 3.05) is 19.8 Å². The van der Waals surface area contributed by atoms with Crippen molar-refractivity contribution < 1.29 is 14.3 Å². The van der Waals surface area contributed by atoms with Gasteiger partial charge in [0.2, 0.25) is 5.91 Å². The van der Waals surface area contributed by atoms with E-state index in [2.05, 4.69) is 15.5 Å². The van der Waals surface area contributed by atoms with E-state index in [0.29, 0.717) is 25.0 Å². The molecular formula is C13H23N3O3S2. The number of hydrogen-bond donors (Lipinski definition) is 1.